The number of carbonyl (C=O) groups is 2. The lowest BCUT2D eigenvalue weighted by atomic mass is 9.68. The van der Waals surface area contributed by atoms with Gasteiger partial charge in [0.2, 0.25) is 0 Å². The van der Waals surface area contributed by atoms with Crippen LogP contribution in [0, 0.1) is 18.8 Å². The van der Waals surface area contributed by atoms with Gasteiger partial charge in [-0.05, 0) is 93.0 Å². The van der Waals surface area contributed by atoms with Crippen LogP contribution in [0.2, 0.25) is 0 Å². The zero-order valence-corrected chi connectivity index (χ0v) is 30.6. The normalized spacial score (nSPS) is 31.6. The Morgan fingerprint density at radius 3 is 2.64 bits per heavy atom. The largest absolute Gasteiger partial charge is 0.490 e. The zero-order valence-electron chi connectivity index (χ0n) is 29.0. The van der Waals surface area contributed by atoms with Crippen molar-refractivity contribution in [2.45, 2.75) is 63.4 Å². The Balaban J connectivity index is 1.26. The molecule has 2 aromatic carbocycles. The van der Waals surface area contributed by atoms with Gasteiger partial charge in [-0.15, -0.1) is 4.36 Å². The van der Waals surface area contributed by atoms with Gasteiger partial charge in [0.05, 0.1) is 35.7 Å². The van der Waals surface area contributed by atoms with Crippen LogP contribution >= 0.6 is 0 Å². The van der Waals surface area contributed by atoms with E-state index in [1.54, 1.807) is 13.2 Å². The lowest BCUT2D eigenvalue weighted by molar-refractivity contribution is 0.0132. The third kappa shape index (κ3) is 7.18. The number of urea groups is 1. The fourth-order valence-corrected chi connectivity index (χ4v) is 11.2. The van der Waals surface area contributed by atoms with Crippen LogP contribution < -0.4 is 14.4 Å². The van der Waals surface area contributed by atoms with Crippen LogP contribution in [0.1, 0.15) is 65.6 Å². The van der Waals surface area contributed by atoms with Crippen LogP contribution in [-0.2, 0) is 36.3 Å². The number of nitrogens with zero attached hydrogens (tertiary/aromatic N) is 3. The second kappa shape index (κ2) is 14.0. The van der Waals surface area contributed by atoms with E-state index >= 15 is 0 Å². The second-order valence-electron chi connectivity index (χ2n) is 14.7. The molecule has 0 radical (unpaired) electrons. The molecule has 1 saturated carbocycles. The summed E-state index contributed by atoms with van der Waals surface area (Å²) < 4.78 is 57.5. The minimum absolute atomic E-state index is 0.00678. The number of allylic oxidation sites excluding steroid dienone is 1. The van der Waals surface area contributed by atoms with E-state index in [9.17, 15) is 22.2 Å². The average molecular weight is 725 g/mol. The first-order valence-electron chi connectivity index (χ1n) is 17.8. The molecule has 2 aliphatic carbocycles. The number of ether oxygens (including phenoxy) is 2. The van der Waals surface area contributed by atoms with Crippen molar-refractivity contribution in [1.82, 2.24) is 9.62 Å². The van der Waals surface area contributed by atoms with E-state index in [-0.39, 0.29) is 47.4 Å². The van der Waals surface area contributed by atoms with Gasteiger partial charge in [-0.1, -0.05) is 35.9 Å². The highest BCUT2D eigenvalue weighted by Gasteiger charge is 2.44. The van der Waals surface area contributed by atoms with Crippen LogP contribution in [0.25, 0.3) is 0 Å². The summed E-state index contributed by atoms with van der Waals surface area (Å²) in [6.45, 7) is 4.17. The van der Waals surface area contributed by atoms with Gasteiger partial charge in [-0.25, -0.2) is 17.4 Å². The minimum atomic E-state index is -3.55. The first kappa shape index (κ1) is 35.0. The van der Waals surface area contributed by atoms with Gasteiger partial charge in [-0.3, -0.25) is 9.52 Å². The molecule has 1 N–H and O–H groups in total. The summed E-state index contributed by atoms with van der Waals surface area (Å²) in [5.41, 5.74) is 4.83. The van der Waals surface area contributed by atoms with E-state index < -0.39 is 31.7 Å². The molecule has 2 bridgehead atoms. The summed E-state index contributed by atoms with van der Waals surface area (Å²) in [6, 6.07) is 11.4. The number of methoxy groups -OCH3 is 1. The molecule has 13 heteroatoms. The Morgan fingerprint density at radius 1 is 1.06 bits per heavy atom. The summed E-state index contributed by atoms with van der Waals surface area (Å²) in [4.78, 5) is 30.8. The van der Waals surface area contributed by atoms with Crippen molar-refractivity contribution >= 4 is 37.4 Å². The Kier molecular flexibility index (Phi) is 9.77. The molecule has 1 saturated heterocycles. The summed E-state index contributed by atoms with van der Waals surface area (Å²) in [6.07, 6.45) is 10.3. The quantitative estimate of drug-likeness (QED) is 0.436. The molecule has 1 spiro atoms. The number of nitrogens with one attached hydrogen (secondary N) is 1. The van der Waals surface area contributed by atoms with E-state index in [4.69, 9.17) is 9.47 Å². The van der Waals surface area contributed by atoms with Gasteiger partial charge in [0.15, 0.2) is 9.84 Å². The molecular formula is C37H48N4O7S2. The fourth-order valence-electron chi connectivity index (χ4n) is 8.39. The third-order valence-corrected chi connectivity index (χ3v) is 14.7. The van der Waals surface area contributed by atoms with Crippen molar-refractivity contribution in [3.8, 4) is 5.75 Å². The standard InChI is InChI=1S/C37H48N4O7S2/c1-26-9-13-31-27(21-26)7-6-15-37(31)24-41-23-29-10-12-30(29)33(47-2)8-4-3-5-18-50(46,39-36(43)40-16-19-49(44,45)20-17-40)38-35(42)28-11-14-34(48-25-37)32(41)22-28/h4,8-9,11,13-14,21-22,29-30,33H,3,5-7,10,12,15-20,23-25H2,1-2H3,(H,38,39,42,43,46)/b8-4+/t29-,30+,33-,37-,50-/m0/s1. The maximum atomic E-state index is 14.3. The van der Waals surface area contributed by atoms with Crippen LogP contribution in [0.4, 0.5) is 10.5 Å². The average Bonchev–Trinajstić information content (AvgIpc) is 3.22. The van der Waals surface area contributed by atoms with Gasteiger partial charge in [0, 0.05) is 44.3 Å². The molecule has 270 valence electrons. The minimum Gasteiger partial charge on any atom is -0.490 e. The highest BCUT2D eigenvalue weighted by molar-refractivity contribution is 7.92. The predicted molar refractivity (Wildman–Crippen MR) is 194 cm³/mol. The summed E-state index contributed by atoms with van der Waals surface area (Å²) in [5, 5.41) is 0. The Hall–Kier alpha value is -3.42. The molecule has 5 aliphatic rings. The topological polar surface area (TPSA) is 135 Å². The molecule has 0 unspecified atom stereocenters. The maximum Gasteiger partial charge on any atom is 0.329 e. The fraction of sp³-hybridized carbons (Fsp3) is 0.568. The zero-order chi connectivity index (χ0) is 35.1. The number of benzene rings is 2. The first-order chi connectivity index (χ1) is 24.0. The number of rotatable bonds is 2. The van der Waals surface area contributed by atoms with Crippen molar-refractivity contribution < 1.29 is 31.7 Å². The van der Waals surface area contributed by atoms with E-state index in [0.29, 0.717) is 37.0 Å². The highest BCUT2D eigenvalue weighted by atomic mass is 32.2. The van der Waals surface area contributed by atoms with E-state index in [0.717, 1.165) is 50.9 Å². The lowest BCUT2D eigenvalue weighted by Gasteiger charge is -2.46. The summed E-state index contributed by atoms with van der Waals surface area (Å²) >= 11 is 0. The second-order valence-corrected chi connectivity index (χ2v) is 19.1. The summed E-state index contributed by atoms with van der Waals surface area (Å²) in [5.74, 6) is 0.394. The Bertz CT molecular complexity index is 1910. The molecule has 11 nitrogen and oxygen atoms in total. The number of fused-ring (bicyclic) bond motifs is 4. The van der Waals surface area contributed by atoms with Gasteiger partial charge in [-0.2, -0.15) is 0 Å². The van der Waals surface area contributed by atoms with Crippen LogP contribution in [0.5, 0.6) is 5.75 Å². The molecule has 3 aliphatic heterocycles. The number of anilines is 1. The number of hydrogen-bond acceptors (Lipinski definition) is 8. The predicted octanol–water partition coefficient (Wildman–Crippen LogP) is 4.82. The molecule has 7 rings (SSSR count). The molecular weight excluding hydrogens is 677 g/mol. The van der Waals surface area contributed by atoms with Crippen molar-refractivity contribution in [3.63, 3.8) is 0 Å². The van der Waals surface area contributed by atoms with Crippen molar-refractivity contribution in [1.29, 1.82) is 0 Å². The molecule has 3 amide bonds. The van der Waals surface area contributed by atoms with E-state index in [1.165, 1.54) is 21.6 Å². The number of sulfone groups is 1. The van der Waals surface area contributed by atoms with Gasteiger partial charge >= 0.3 is 6.03 Å². The van der Waals surface area contributed by atoms with Crippen LogP contribution in [-0.4, -0.2) is 92.7 Å². The Morgan fingerprint density at radius 2 is 1.88 bits per heavy atom. The Labute approximate surface area is 296 Å². The monoisotopic (exact) mass is 724 g/mol. The van der Waals surface area contributed by atoms with E-state index in [2.05, 4.69) is 45.2 Å². The molecule has 50 heavy (non-hydrogen) atoms. The van der Waals surface area contributed by atoms with Crippen LogP contribution in [0.15, 0.2) is 52.9 Å². The van der Waals surface area contributed by atoms with Crippen molar-refractivity contribution in [2.24, 2.45) is 16.2 Å². The lowest BCUT2D eigenvalue weighted by Crippen LogP contribution is -2.50. The SMILES string of the molecule is CO[C@H]1/C=C/CCC[S@@](=O)(NC(=O)N2CCS(=O)(=O)CC2)=NC(=O)c2ccc3c(c2)N(C[C@@H]2CC[C@H]21)C[C@@]1(CCCc2cc(C)ccc21)CO3. The molecule has 0 aromatic heterocycles. The van der Waals surface area contributed by atoms with Gasteiger partial charge in [0.1, 0.15) is 15.7 Å². The number of carbonyl (C=O) groups excluding carboxylic acids is 2. The van der Waals surface area contributed by atoms with Gasteiger partial charge < -0.3 is 19.3 Å². The number of aryl methyl sites for hydroxylation is 2. The van der Waals surface area contributed by atoms with Gasteiger partial charge in [0.25, 0.3) is 5.91 Å². The third-order valence-electron chi connectivity index (χ3n) is 11.3. The van der Waals surface area contributed by atoms with E-state index in [1.807, 2.05) is 18.2 Å². The summed E-state index contributed by atoms with van der Waals surface area (Å²) in [7, 11) is -5.02. The molecule has 2 aromatic rings. The van der Waals surface area contributed by atoms with Crippen molar-refractivity contribution in [2.75, 3.05) is 62.1 Å². The van der Waals surface area contributed by atoms with Crippen molar-refractivity contribution in [3.05, 3.63) is 70.8 Å². The number of hydrogen-bond donors (Lipinski definition) is 1. The smallest absolute Gasteiger partial charge is 0.329 e. The molecule has 3 heterocycles. The highest BCUT2D eigenvalue weighted by Crippen LogP contribution is 2.46. The molecule has 5 atom stereocenters. The first-order valence-corrected chi connectivity index (χ1v) is 21.3. The number of amides is 3. The maximum absolute atomic E-state index is 14.3. The molecule has 2 fully saturated rings. The van der Waals surface area contributed by atoms with Crippen LogP contribution in [0.3, 0.4) is 0 Å².